The van der Waals surface area contributed by atoms with Gasteiger partial charge in [-0.15, -0.1) is 0 Å². The van der Waals surface area contributed by atoms with Crippen LogP contribution in [0.4, 0.5) is 0 Å². The fraction of sp³-hybridized carbons (Fsp3) is 0.214. The molecule has 0 fully saturated rings. The minimum Gasteiger partial charge on any atom is -0.487 e. The van der Waals surface area contributed by atoms with E-state index < -0.39 is 0 Å². The van der Waals surface area contributed by atoms with Crippen molar-refractivity contribution in [1.29, 1.82) is 0 Å². The topological polar surface area (TPSA) is 42.4 Å². The molecule has 0 bridgehead atoms. The summed E-state index contributed by atoms with van der Waals surface area (Å²) in [7, 11) is 0. The zero-order chi connectivity index (χ0) is 13.8. The Morgan fingerprint density at radius 3 is 2.74 bits per heavy atom. The second kappa shape index (κ2) is 6.24. The maximum absolute atomic E-state index is 9.25. The van der Waals surface area contributed by atoms with Crippen molar-refractivity contribution in [3.8, 4) is 5.75 Å². The molecule has 5 heteroatoms. The van der Waals surface area contributed by atoms with Gasteiger partial charge >= 0.3 is 0 Å². The normalized spacial score (nSPS) is 10.5. The van der Waals surface area contributed by atoms with E-state index in [1.54, 1.807) is 24.3 Å². The third-order valence-corrected chi connectivity index (χ3v) is 3.22. The van der Waals surface area contributed by atoms with E-state index in [1.807, 2.05) is 13.0 Å². The molecule has 1 aromatic carbocycles. The van der Waals surface area contributed by atoms with Crippen molar-refractivity contribution < 1.29 is 9.84 Å². The maximum Gasteiger partial charge on any atom is 0.143 e. The quantitative estimate of drug-likeness (QED) is 0.934. The predicted octanol–water partition coefficient (Wildman–Crippen LogP) is 3.77. The molecule has 3 nitrogen and oxygen atoms in total. The molecule has 100 valence electrons. The number of hydrogen-bond acceptors (Lipinski definition) is 3. The number of hydrogen-bond donors (Lipinski definition) is 1. The highest BCUT2D eigenvalue weighted by molar-refractivity contribution is 6.33. The van der Waals surface area contributed by atoms with Gasteiger partial charge in [-0.25, -0.2) is 0 Å². The number of halogens is 2. The van der Waals surface area contributed by atoms with E-state index in [1.165, 1.54) is 0 Å². The number of aliphatic hydroxyl groups is 1. The fourth-order valence-corrected chi connectivity index (χ4v) is 2.02. The van der Waals surface area contributed by atoms with Crippen molar-refractivity contribution in [3.05, 3.63) is 57.3 Å². The number of nitrogens with zero attached hydrogens (tertiary/aromatic N) is 1. The summed E-state index contributed by atoms with van der Waals surface area (Å²) in [5.41, 5.74) is 2.13. The molecular weight excluding hydrogens is 285 g/mol. The van der Waals surface area contributed by atoms with Crippen molar-refractivity contribution in [2.75, 3.05) is 0 Å². The van der Waals surface area contributed by atoms with Crippen LogP contribution in [0, 0.1) is 6.92 Å². The molecule has 0 aliphatic heterocycles. The molecule has 19 heavy (non-hydrogen) atoms. The smallest absolute Gasteiger partial charge is 0.143 e. The van der Waals surface area contributed by atoms with Crippen LogP contribution in [0.1, 0.15) is 17.0 Å². The number of ether oxygens (including phenoxy) is 1. The summed E-state index contributed by atoms with van der Waals surface area (Å²) in [5, 5.41) is 10.4. The number of pyridine rings is 1. The van der Waals surface area contributed by atoms with Gasteiger partial charge in [0.05, 0.1) is 6.61 Å². The molecule has 1 heterocycles. The first kappa shape index (κ1) is 14.1. The average molecular weight is 298 g/mol. The molecule has 0 atom stereocenters. The number of aromatic nitrogens is 1. The van der Waals surface area contributed by atoms with Crippen molar-refractivity contribution in [3.63, 3.8) is 0 Å². The Bertz CT molecular complexity index is 588. The second-order valence-electron chi connectivity index (χ2n) is 4.08. The van der Waals surface area contributed by atoms with Crippen molar-refractivity contribution in [1.82, 2.24) is 4.98 Å². The highest BCUT2D eigenvalue weighted by Gasteiger charge is 2.07. The lowest BCUT2D eigenvalue weighted by atomic mass is 10.2. The fourth-order valence-electron chi connectivity index (χ4n) is 1.65. The van der Waals surface area contributed by atoms with Crippen molar-refractivity contribution >= 4 is 23.2 Å². The number of rotatable bonds is 4. The van der Waals surface area contributed by atoms with Crippen molar-refractivity contribution in [2.24, 2.45) is 0 Å². The summed E-state index contributed by atoms with van der Waals surface area (Å²) in [6.45, 7) is 1.97. The van der Waals surface area contributed by atoms with Gasteiger partial charge in [0.2, 0.25) is 0 Å². The van der Waals surface area contributed by atoms with E-state index in [0.29, 0.717) is 21.5 Å². The van der Waals surface area contributed by atoms with Crippen molar-refractivity contribution in [2.45, 2.75) is 20.1 Å². The Labute approximate surface area is 121 Å². The molecule has 0 aliphatic carbocycles. The van der Waals surface area contributed by atoms with Crippen LogP contribution in [-0.4, -0.2) is 10.1 Å². The molecule has 0 saturated carbocycles. The van der Waals surface area contributed by atoms with Gasteiger partial charge in [0.25, 0.3) is 0 Å². The summed E-state index contributed by atoms with van der Waals surface area (Å²) in [4.78, 5) is 4.21. The Kier molecular flexibility index (Phi) is 4.64. The summed E-state index contributed by atoms with van der Waals surface area (Å²) >= 11 is 12.0. The first-order valence-corrected chi connectivity index (χ1v) is 6.50. The minimum absolute atomic E-state index is 0.166. The molecule has 0 amide bonds. The molecule has 0 saturated heterocycles. The summed E-state index contributed by atoms with van der Waals surface area (Å²) in [6.07, 6.45) is 0. The zero-order valence-electron chi connectivity index (χ0n) is 10.4. The largest absolute Gasteiger partial charge is 0.487 e. The molecule has 0 unspecified atom stereocenters. The van der Waals surface area contributed by atoms with E-state index in [9.17, 15) is 5.11 Å². The molecule has 1 N–H and O–H groups in total. The first-order chi connectivity index (χ1) is 9.10. The predicted molar refractivity (Wildman–Crippen MR) is 75.7 cm³/mol. The standard InChI is InChI=1S/C14H13Cl2NO2/c1-9-2-5-14(13(7-18)17-9)19-8-10-6-11(15)3-4-12(10)16/h2-6,18H,7-8H2,1H3. The van der Waals surface area contributed by atoms with E-state index >= 15 is 0 Å². The van der Waals surface area contributed by atoms with Crippen LogP contribution in [0.15, 0.2) is 30.3 Å². The SMILES string of the molecule is Cc1ccc(OCc2cc(Cl)ccc2Cl)c(CO)n1. The number of aryl methyl sites for hydroxylation is 1. The molecule has 1 aromatic heterocycles. The maximum atomic E-state index is 9.25. The summed E-state index contributed by atoms with van der Waals surface area (Å²) < 4.78 is 5.64. The third kappa shape index (κ3) is 3.60. The molecule has 0 radical (unpaired) electrons. The highest BCUT2D eigenvalue weighted by Crippen LogP contribution is 2.24. The van der Waals surface area contributed by atoms with Crippen LogP contribution in [0.3, 0.4) is 0 Å². The Morgan fingerprint density at radius 2 is 2.00 bits per heavy atom. The van der Waals surface area contributed by atoms with Gasteiger partial charge in [0.15, 0.2) is 0 Å². The molecule has 2 rings (SSSR count). The summed E-state index contributed by atoms with van der Waals surface area (Å²) in [6, 6.07) is 8.81. The number of benzene rings is 1. The lowest BCUT2D eigenvalue weighted by Crippen LogP contribution is -2.02. The monoisotopic (exact) mass is 297 g/mol. The van der Waals surface area contributed by atoms with Gasteiger partial charge in [-0.3, -0.25) is 4.98 Å². The van der Waals surface area contributed by atoms with Gasteiger partial charge in [-0.1, -0.05) is 23.2 Å². The number of aliphatic hydroxyl groups excluding tert-OH is 1. The van der Waals surface area contributed by atoms with E-state index in [0.717, 1.165) is 11.3 Å². The van der Waals surface area contributed by atoms with Crippen LogP contribution in [0.2, 0.25) is 10.0 Å². The van der Waals surface area contributed by atoms with Crippen LogP contribution in [-0.2, 0) is 13.2 Å². The van der Waals surface area contributed by atoms with Crippen LogP contribution >= 0.6 is 23.2 Å². The minimum atomic E-state index is -0.166. The third-order valence-electron chi connectivity index (χ3n) is 2.61. The molecule has 2 aromatic rings. The van der Waals surface area contributed by atoms with Gasteiger partial charge in [-0.2, -0.15) is 0 Å². The molecule has 0 spiro atoms. The van der Waals surface area contributed by atoms with Gasteiger partial charge < -0.3 is 9.84 Å². The first-order valence-electron chi connectivity index (χ1n) is 5.74. The molecule has 0 aliphatic rings. The lowest BCUT2D eigenvalue weighted by Gasteiger charge is -2.11. The van der Waals surface area contributed by atoms with Gasteiger partial charge in [0, 0.05) is 21.3 Å². The van der Waals surface area contributed by atoms with E-state index in [2.05, 4.69) is 4.98 Å². The Hall–Kier alpha value is -1.29. The summed E-state index contributed by atoms with van der Waals surface area (Å²) in [5.74, 6) is 0.546. The van der Waals surface area contributed by atoms with Crippen LogP contribution in [0.25, 0.3) is 0 Å². The second-order valence-corrected chi connectivity index (χ2v) is 4.92. The average Bonchev–Trinajstić information content (AvgIpc) is 2.40. The Balaban J connectivity index is 2.16. The van der Waals surface area contributed by atoms with Gasteiger partial charge in [-0.05, 0) is 37.3 Å². The lowest BCUT2D eigenvalue weighted by molar-refractivity contribution is 0.253. The van der Waals surface area contributed by atoms with Crippen LogP contribution in [0.5, 0.6) is 5.75 Å². The van der Waals surface area contributed by atoms with Gasteiger partial charge in [0.1, 0.15) is 18.1 Å². The van der Waals surface area contributed by atoms with E-state index in [4.69, 9.17) is 27.9 Å². The highest BCUT2D eigenvalue weighted by atomic mass is 35.5. The van der Waals surface area contributed by atoms with Crippen LogP contribution < -0.4 is 4.74 Å². The Morgan fingerprint density at radius 1 is 1.21 bits per heavy atom. The van der Waals surface area contributed by atoms with E-state index in [-0.39, 0.29) is 13.2 Å². The molecular formula is C14H13Cl2NO2. The zero-order valence-corrected chi connectivity index (χ0v) is 11.9.